The number of halogens is 1. The van der Waals surface area contributed by atoms with Crippen molar-refractivity contribution < 1.29 is 4.79 Å². The van der Waals surface area contributed by atoms with Crippen molar-refractivity contribution in [3.63, 3.8) is 0 Å². The van der Waals surface area contributed by atoms with E-state index in [9.17, 15) is 4.79 Å². The van der Waals surface area contributed by atoms with E-state index < -0.39 is 0 Å². The molecule has 1 aliphatic heterocycles. The Morgan fingerprint density at radius 3 is 3.00 bits per heavy atom. The standard InChI is InChI=1S/C13H15ClN6O/c1-19-8-16-18-12(19)9-3-2-4-20(7-9)13(21)10-5-15-6-11(14)17-10/h5-6,8-9H,2-4,7H2,1H3. The van der Waals surface area contributed by atoms with Gasteiger partial charge in [0, 0.05) is 26.1 Å². The van der Waals surface area contributed by atoms with Gasteiger partial charge in [-0.15, -0.1) is 10.2 Å². The van der Waals surface area contributed by atoms with Crippen LogP contribution in [0.1, 0.15) is 35.1 Å². The number of nitrogens with zero attached hydrogens (tertiary/aromatic N) is 6. The molecule has 2 aromatic heterocycles. The van der Waals surface area contributed by atoms with Crippen LogP contribution in [-0.2, 0) is 7.05 Å². The Morgan fingerprint density at radius 1 is 1.43 bits per heavy atom. The molecule has 1 atom stereocenters. The third-order valence-electron chi connectivity index (χ3n) is 3.64. The average molecular weight is 307 g/mol. The van der Waals surface area contributed by atoms with Gasteiger partial charge in [-0.2, -0.15) is 0 Å². The van der Waals surface area contributed by atoms with Crippen LogP contribution in [0.25, 0.3) is 0 Å². The SMILES string of the molecule is Cn1cnnc1C1CCCN(C(=O)c2cncc(Cl)n2)C1. The zero-order valence-corrected chi connectivity index (χ0v) is 12.4. The average Bonchev–Trinajstić information content (AvgIpc) is 2.93. The van der Waals surface area contributed by atoms with Crippen LogP contribution in [0.15, 0.2) is 18.7 Å². The molecule has 0 saturated carbocycles. The van der Waals surface area contributed by atoms with Crippen molar-refractivity contribution in [2.75, 3.05) is 13.1 Å². The number of amides is 1. The molecule has 0 N–H and O–H groups in total. The van der Waals surface area contributed by atoms with Gasteiger partial charge in [-0.3, -0.25) is 9.78 Å². The summed E-state index contributed by atoms with van der Waals surface area (Å²) in [5.74, 6) is 0.962. The van der Waals surface area contributed by atoms with E-state index in [1.54, 1.807) is 11.2 Å². The van der Waals surface area contributed by atoms with E-state index >= 15 is 0 Å². The fourth-order valence-electron chi connectivity index (χ4n) is 2.64. The number of piperidine rings is 1. The summed E-state index contributed by atoms with van der Waals surface area (Å²) in [6.07, 6.45) is 6.46. The quantitative estimate of drug-likeness (QED) is 0.835. The van der Waals surface area contributed by atoms with Crippen molar-refractivity contribution in [1.82, 2.24) is 29.6 Å². The first-order chi connectivity index (χ1) is 10.1. The second-order valence-corrected chi connectivity index (χ2v) is 5.50. The summed E-state index contributed by atoms with van der Waals surface area (Å²) in [5, 5.41) is 8.28. The Labute approximate surface area is 127 Å². The molecule has 1 fully saturated rings. The number of aryl methyl sites for hydroxylation is 1. The van der Waals surface area contributed by atoms with Gasteiger partial charge >= 0.3 is 0 Å². The summed E-state index contributed by atoms with van der Waals surface area (Å²) < 4.78 is 1.90. The zero-order chi connectivity index (χ0) is 14.8. The van der Waals surface area contributed by atoms with Crippen molar-refractivity contribution >= 4 is 17.5 Å². The zero-order valence-electron chi connectivity index (χ0n) is 11.6. The van der Waals surface area contributed by atoms with E-state index in [0.29, 0.717) is 13.1 Å². The normalized spacial score (nSPS) is 18.8. The molecule has 3 heterocycles. The fourth-order valence-corrected chi connectivity index (χ4v) is 2.79. The molecule has 0 bridgehead atoms. The highest BCUT2D eigenvalue weighted by molar-refractivity contribution is 6.29. The molecule has 0 radical (unpaired) electrons. The van der Waals surface area contributed by atoms with Crippen molar-refractivity contribution in [1.29, 1.82) is 0 Å². The number of likely N-dealkylation sites (tertiary alicyclic amines) is 1. The molecule has 0 spiro atoms. The van der Waals surface area contributed by atoms with Gasteiger partial charge in [-0.25, -0.2) is 4.98 Å². The number of hydrogen-bond acceptors (Lipinski definition) is 5. The van der Waals surface area contributed by atoms with E-state index in [1.165, 1.54) is 12.4 Å². The first kappa shape index (κ1) is 13.9. The van der Waals surface area contributed by atoms with Crippen molar-refractivity contribution in [2.45, 2.75) is 18.8 Å². The summed E-state index contributed by atoms with van der Waals surface area (Å²) in [7, 11) is 1.92. The fraction of sp³-hybridized carbons (Fsp3) is 0.462. The van der Waals surface area contributed by atoms with Gasteiger partial charge < -0.3 is 9.47 Å². The van der Waals surface area contributed by atoms with E-state index in [-0.39, 0.29) is 22.7 Å². The third-order valence-corrected chi connectivity index (χ3v) is 3.83. The number of carbonyl (C=O) groups excluding carboxylic acids is 1. The van der Waals surface area contributed by atoms with Crippen LogP contribution in [-0.4, -0.2) is 48.6 Å². The third kappa shape index (κ3) is 2.87. The Morgan fingerprint density at radius 2 is 2.29 bits per heavy atom. The van der Waals surface area contributed by atoms with Crippen LogP contribution in [0.3, 0.4) is 0 Å². The first-order valence-corrected chi connectivity index (χ1v) is 7.13. The van der Waals surface area contributed by atoms with Crippen molar-refractivity contribution in [2.24, 2.45) is 7.05 Å². The topological polar surface area (TPSA) is 76.8 Å². The maximum absolute atomic E-state index is 12.5. The van der Waals surface area contributed by atoms with E-state index in [4.69, 9.17) is 11.6 Å². The van der Waals surface area contributed by atoms with Gasteiger partial charge in [0.25, 0.3) is 5.91 Å². The van der Waals surface area contributed by atoms with Crippen molar-refractivity contribution in [3.8, 4) is 0 Å². The predicted octanol–water partition coefficient (Wildman–Crippen LogP) is 1.28. The molecular formula is C13H15ClN6O. The molecule has 0 aliphatic carbocycles. The summed E-state index contributed by atoms with van der Waals surface area (Å²) >= 11 is 5.79. The molecule has 1 amide bonds. The van der Waals surface area contributed by atoms with Gasteiger partial charge in [0.05, 0.1) is 12.4 Å². The number of hydrogen-bond donors (Lipinski definition) is 0. The lowest BCUT2D eigenvalue weighted by Crippen LogP contribution is -2.40. The summed E-state index contributed by atoms with van der Waals surface area (Å²) in [5.41, 5.74) is 0.279. The number of rotatable bonds is 2. The number of carbonyl (C=O) groups is 1. The van der Waals surface area contributed by atoms with Crippen LogP contribution < -0.4 is 0 Å². The predicted molar refractivity (Wildman–Crippen MR) is 75.9 cm³/mol. The molecule has 3 rings (SSSR count). The minimum atomic E-state index is -0.142. The van der Waals surface area contributed by atoms with Crippen LogP contribution in [0, 0.1) is 0 Å². The Bertz CT molecular complexity index is 658. The Kier molecular flexibility index (Phi) is 3.83. The second-order valence-electron chi connectivity index (χ2n) is 5.12. The van der Waals surface area contributed by atoms with Crippen molar-refractivity contribution in [3.05, 3.63) is 35.4 Å². The molecule has 7 nitrogen and oxygen atoms in total. The number of aromatic nitrogens is 5. The largest absolute Gasteiger partial charge is 0.337 e. The smallest absolute Gasteiger partial charge is 0.274 e. The summed E-state index contributed by atoms with van der Waals surface area (Å²) in [4.78, 5) is 22.2. The maximum Gasteiger partial charge on any atom is 0.274 e. The minimum Gasteiger partial charge on any atom is -0.337 e. The molecular weight excluding hydrogens is 292 g/mol. The lowest BCUT2D eigenvalue weighted by atomic mass is 9.97. The van der Waals surface area contributed by atoms with Gasteiger partial charge in [0.15, 0.2) is 0 Å². The lowest BCUT2D eigenvalue weighted by Gasteiger charge is -2.31. The minimum absolute atomic E-state index is 0.142. The van der Waals surface area contributed by atoms with Gasteiger partial charge in [0.2, 0.25) is 0 Å². The molecule has 21 heavy (non-hydrogen) atoms. The second kappa shape index (κ2) is 5.77. The maximum atomic E-state index is 12.5. The van der Waals surface area contributed by atoms with Crippen LogP contribution in [0.4, 0.5) is 0 Å². The molecule has 0 aromatic carbocycles. The monoisotopic (exact) mass is 306 g/mol. The Hall–Kier alpha value is -2.02. The summed E-state index contributed by atoms with van der Waals surface area (Å²) in [6.45, 7) is 1.32. The highest BCUT2D eigenvalue weighted by atomic mass is 35.5. The first-order valence-electron chi connectivity index (χ1n) is 6.76. The van der Waals surface area contributed by atoms with Gasteiger partial charge in [-0.1, -0.05) is 11.6 Å². The lowest BCUT2D eigenvalue weighted by molar-refractivity contribution is 0.0697. The van der Waals surface area contributed by atoms with Crippen LogP contribution in [0.2, 0.25) is 5.15 Å². The molecule has 8 heteroatoms. The van der Waals surface area contributed by atoms with Crippen LogP contribution >= 0.6 is 11.6 Å². The molecule has 1 unspecified atom stereocenters. The van der Waals surface area contributed by atoms with E-state index in [0.717, 1.165) is 18.7 Å². The van der Waals surface area contributed by atoms with Gasteiger partial charge in [-0.05, 0) is 12.8 Å². The van der Waals surface area contributed by atoms with E-state index in [1.807, 2.05) is 11.6 Å². The van der Waals surface area contributed by atoms with Crippen LogP contribution in [0.5, 0.6) is 0 Å². The highest BCUT2D eigenvalue weighted by Crippen LogP contribution is 2.25. The highest BCUT2D eigenvalue weighted by Gasteiger charge is 2.28. The van der Waals surface area contributed by atoms with Gasteiger partial charge in [0.1, 0.15) is 23.0 Å². The molecule has 1 saturated heterocycles. The molecule has 2 aromatic rings. The Balaban J connectivity index is 1.77. The molecule has 110 valence electrons. The molecule has 1 aliphatic rings. The summed E-state index contributed by atoms with van der Waals surface area (Å²) in [6, 6.07) is 0. The van der Waals surface area contributed by atoms with E-state index in [2.05, 4.69) is 20.2 Å².